The van der Waals surface area contributed by atoms with Gasteiger partial charge in [0.25, 0.3) is 0 Å². The molecule has 0 radical (unpaired) electrons. The van der Waals surface area contributed by atoms with Crippen molar-refractivity contribution in [3.05, 3.63) is 0 Å². The molecule has 82 valence electrons. The molecule has 0 heterocycles. The van der Waals surface area contributed by atoms with Gasteiger partial charge in [-0.1, -0.05) is 0 Å². The van der Waals surface area contributed by atoms with Crippen LogP contribution in [0.3, 0.4) is 0 Å². The summed E-state index contributed by atoms with van der Waals surface area (Å²) in [5.41, 5.74) is 0. The summed E-state index contributed by atoms with van der Waals surface area (Å²) in [7, 11) is 3.75. The molecule has 0 bridgehead atoms. The predicted octanol–water partition coefficient (Wildman–Crippen LogP) is 0.0863. The molecule has 0 aliphatic carbocycles. The summed E-state index contributed by atoms with van der Waals surface area (Å²) in [5, 5.41) is 11.0. The minimum Gasteiger partial charge on any atom is -0.394 e. The average Bonchev–Trinajstić information content (AvgIpc) is 2.13. The summed E-state index contributed by atoms with van der Waals surface area (Å²) in [4.78, 5) is 0. The molecule has 0 unspecified atom stereocenters. The second-order valence-electron chi connectivity index (χ2n) is 2.14. The molecule has 0 amide bonds. The minimum atomic E-state index is 0.0650. The second kappa shape index (κ2) is 18.0. The monoisotopic (exact) mass is 213 g/mol. The van der Waals surface area contributed by atoms with E-state index in [0.29, 0.717) is 32.3 Å². The fourth-order valence-corrected chi connectivity index (χ4v) is 0.550. The quantitative estimate of drug-likeness (QED) is 0.465. The first-order valence-corrected chi connectivity index (χ1v) is 4.77. The highest BCUT2D eigenvalue weighted by Crippen LogP contribution is 1.80. The normalized spacial score (nSPS) is 9.23. The lowest BCUT2D eigenvalue weighted by molar-refractivity contribution is 0.0375. The van der Waals surface area contributed by atoms with Gasteiger partial charge in [-0.15, -0.1) is 11.6 Å². The maximum atomic E-state index is 8.28. The number of aliphatic hydroxyl groups excluding tert-OH is 1. The van der Waals surface area contributed by atoms with Crippen molar-refractivity contribution >= 4 is 11.6 Å². The van der Waals surface area contributed by atoms with Crippen molar-refractivity contribution in [2.24, 2.45) is 0 Å². The second-order valence-corrected chi connectivity index (χ2v) is 2.52. The Morgan fingerprint density at radius 3 is 1.92 bits per heavy atom. The number of hydrogen-bond donors (Lipinski definition) is 2. The lowest BCUT2D eigenvalue weighted by Crippen LogP contribution is -2.08. The molecule has 0 atom stereocenters. The Kier molecular flexibility index (Phi) is 21.6. The van der Waals surface area contributed by atoms with Crippen molar-refractivity contribution in [3.63, 3.8) is 0 Å². The summed E-state index contributed by atoms with van der Waals surface area (Å²) in [6.07, 6.45) is 0. The van der Waals surface area contributed by atoms with E-state index in [4.69, 9.17) is 26.2 Å². The number of halogens is 1. The third-order valence-electron chi connectivity index (χ3n) is 0.829. The van der Waals surface area contributed by atoms with Crippen molar-refractivity contribution in [2.75, 3.05) is 53.0 Å². The van der Waals surface area contributed by atoms with E-state index in [1.54, 1.807) is 0 Å². The Bertz CT molecular complexity index is 68.4. The molecular formula is C8H20ClNO3. The molecule has 0 saturated carbocycles. The van der Waals surface area contributed by atoms with Gasteiger partial charge in [0.15, 0.2) is 0 Å². The maximum Gasteiger partial charge on any atom is 0.0701 e. The molecule has 4 nitrogen and oxygen atoms in total. The minimum absolute atomic E-state index is 0.0650. The zero-order chi connectivity index (χ0) is 10.4. The topological polar surface area (TPSA) is 50.7 Å². The lowest BCUT2D eigenvalue weighted by Gasteiger charge is -2.01. The molecule has 0 spiro atoms. The smallest absolute Gasteiger partial charge is 0.0701 e. The van der Waals surface area contributed by atoms with Crippen LogP contribution in [-0.4, -0.2) is 58.1 Å². The van der Waals surface area contributed by atoms with Crippen LogP contribution >= 0.6 is 11.6 Å². The summed E-state index contributed by atoms with van der Waals surface area (Å²) < 4.78 is 9.90. The van der Waals surface area contributed by atoms with Crippen molar-refractivity contribution < 1.29 is 14.6 Å². The molecule has 0 aromatic rings. The number of hydrogen-bond acceptors (Lipinski definition) is 4. The van der Waals surface area contributed by atoms with Crippen LogP contribution in [0.2, 0.25) is 0 Å². The van der Waals surface area contributed by atoms with Crippen LogP contribution in [-0.2, 0) is 9.47 Å². The Labute approximate surface area is 85.2 Å². The van der Waals surface area contributed by atoms with E-state index in [2.05, 4.69) is 5.32 Å². The first kappa shape index (κ1) is 15.6. The molecule has 0 aromatic carbocycles. The molecule has 0 aliphatic rings. The van der Waals surface area contributed by atoms with Gasteiger partial charge in [0.05, 0.1) is 33.0 Å². The fourth-order valence-electron chi connectivity index (χ4n) is 0.441. The standard InChI is InChI=1S/C6H13ClO3.C2H7N/c7-1-3-9-5-6-10-4-2-8;1-3-2/h8H,1-6H2;3H,1-2H3. The van der Waals surface area contributed by atoms with E-state index in [-0.39, 0.29) is 6.61 Å². The van der Waals surface area contributed by atoms with Crippen molar-refractivity contribution in [1.82, 2.24) is 5.32 Å². The van der Waals surface area contributed by atoms with Gasteiger partial charge >= 0.3 is 0 Å². The maximum absolute atomic E-state index is 8.28. The SMILES string of the molecule is CNC.OCCOCCOCCCl. The van der Waals surface area contributed by atoms with Crippen molar-refractivity contribution in [1.29, 1.82) is 0 Å². The van der Waals surface area contributed by atoms with Gasteiger partial charge in [-0.3, -0.25) is 0 Å². The third-order valence-corrected chi connectivity index (χ3v) is 0.983. The van der Waals surface area contributed by atoms with E-state index in [9.17, 15) is 0 Å². The van der Waals surface area contributed by atoms with Gasteiger partial charge in [0.1, 0.15) is 0 Å². The molecule has 0 aromatic heterocycles. The Balaban J connectivity index is 0. The largest absolute Gasteiger partial charge is 0.394 e. The third kappa shape index (κ3) is 24.5. The van der Waals surface area contributed by atoms with E-state index >= 15 is 0 Å². The van der Waals surface area contributed by atoms with Gasteiger partial charge in [0, 0.05) is 5.88 Å². The van der Waals surface area contributed by atoms with Gasteiger partial charge in [-0.2, -0.15) is 0 Å². The Morgan fingerprint density at radius 1 is 1.08 bits per heavy atom. The molecule has 2 N–H and O–H groups in total. The molecule has 0 saturated heterocycles. The number of ether oxygens (including phenoxy) is 2. The zero-order valence-electron chi connectivity index (χ0n) is 8.38. The predicted molar refractivity (Wildman–Crippen MR) is 54.4 cm³/mol. The van der Waals surface area contributed by atoms with Crippen molar-refractivity contribution in [2.45, 2.75) is 0 Å². The van der Waals surface area contributed by atoms with Gasteiger partial charge in [-0.05, 0) is 14.1 Å². The summed E-state index contributed by atoms with van der Waals surface area (Å²) in [5.74, 6) is 0.514. The van der Waals surface area contributed by atoms with Crippen LogP contribution < -0.4 is 5.32 Å². The Hall–Kier alpha value is 0.130. The van der Waals surface area contributed by atoms with Gasteiger partial charge in [0.2, 0.25) is 0 Å². The van der Waals surface area contributed by atoms with Crippen LogP contribution in [0, 0.1) is 0 Å². The summed E-state index contributed by atoms with van der Waals surface area (Å²) >= 11 is 5.34. The molecule has 0 rings (SSSR count). The molecule has 0 fully saturated rings. The number of aliphatic hydroxyl groups is 1. The number of nitrogens with one attached hydrogen (secondary N) is 1. The highest BCUT2D eigenvalue weighted by Gasteiger charge is 1.86. The van der Waals surface area contributed by atoms with E-state index in [0.717, 1.165) is 0 Å². The van der Waals surface area contributed by atoms with E-state index in [1.165, 1.54) is 0 Å². The van der Waals surface area contributed by atoms with Crippen LogP contribution in [0.5, 0.6) is 0 Å². The first-order valence-electron chi connectivity index (χ1n) is 4.24. The summed E-state index contributed by atoms with van der Waals surface area (Å²) in [6.45, 7) is 2.08. The summed E-state index contributed by atoms with van der Waals surface area (Å²) in [6, 6.07) is 0. The van der Waals surface area contributed by atoms with E-state index < -0.39 is 0 Å². The molecule has 5 heteroatoms. The van der Waals surface area contributed by atoms with Crippen LogP contribution in [0.4, 0.5) is 0 Å². The van der Waals surface area contributed by atoms with Crippen LogP contribution in [0.15, 0.2) is 0 Å². The Morgan fingerprint density at radius 2 is 1.54 bits per heavy atom. The van der Waals surface area contributed by atoms with Crippen LogP contribution in [0.25, 0.3) is 0 Å². The van der Waals surface area contributed by atoms with Crippen molar-refractivity contribution in [3.8, 4) is 0 Å². The first-order chi connectivity index (χ1) is 6.33. The zero-order valence-corrected chi connectivity index (χ0v) is 9.14. The number of rotatable bonds is 7. The van der Waals surface area contributed by atoms with Crippen LogP contribution in [0.1, 0.15) is 0 Å². The lowest BCUT2D eigenvalue weighted by atomic mass is 10.7. The highest BCUT2D eigenvalue weighted by atomic mass is 35.5. The molecule has 13 heavy (non-hydrogen) atoms. The fraction of sp³-hybridized carbons (Fsp3) is 1.00. The van der Waals surface area contributed by atoms with Gasteiger partial charge < -0.3 is 19.9 Å². The number of alkyl halides is 1. The van der Waals surface area contributed by atoms with E-state index in [1.807, 2.05) is 14.1 Å². The molecular weight excluding hydrogens is 194 g/mol. The van der Waals surface area contributed by atoms with Gasteiger partial charge in [-0.25, -0.2) is 0 Å². The highest BCUT2D eigenvalue weighted by molar-refractivity contribution is 6.17. The molecule has 0 aliphatic heterocycles. The average molecular weight is 214 g/mol.